The molecule has 0 aliphatic carbocycles. The van der Waals surface area contributed by atoms with E-state index in [1.54, 1.807) is 0 Å². The molecule has 0 amide bonds. The number of rotatable bonds is 4. The lowest BCUT2D eigenvalue weighted by atomic mass is 9.97. The van der Waals surface area contributed by atoms with E-state index < -0.39 is 0 Å². The topological polar surface area (TPSA) is 15.3 Å². The Morgan fingerprint density at radius 3 is 2.86 bits per heavy atom. The second kappa shape index (κ2) is 5.52. The summed E-state index contributed by atoms with van der Waals surface area (Å²) in [5, 5.41) is 3.48. The van der Waals surface area contributed by atoms with Crippen LogP contribution in [0.3, 0.4) is 0 Å². The maximum absolute atomic E-state index is 3.81. The fraction of sp³-hybridized carbons (Fsp3) is 0.833. The number of hydrogen-bond donors (Lipinski definition) is 1. The van der Waals surface area contributed by atoms with Gasteiger partial charge in [-0.3, -0.25) is 4.90 Å². The van der Waals surface area contributed by atoms with E-state index in [9.17, 15) is 0 Å². The third kappa shape index (κ3) is 3.10. The second-order valence-corrected chi connectivity index (χ2v) is 4.59. The molecule has 0 aromatic rings. The molecule has 0 saturated carbocycles. The van der Waals surface area contributed by atoms with Crippen LogP contribution in [0.5, 0.6) is 0 Å². The molecule has 1 N–H and O–H groups in total. The fourth-order valence-corrected chi connectivity index (χ4v) is 2.15. The first-order valence-corrected chi connectivity index (χ1v) is 5.73. The van der Waals surface area contributed by atoms with E-state index in [-0.39, 0.29) is 0 Å². The smallest absolute Gasteiger partial charge is 0.0167 e. The van der Waals surface area contributed by atoms with E-state index in [1.165, 1.54) is 13.1 Å². The number of hydrogen-bond acceptors (Lipinski definition) is 2. The normalized spacial score (nSPS) is 28.4. The van der Waals surface area contributed by atoms with Gasteiger partial charge in [-0.05, 0) is 26.2 Å². The third-order valence-electron chi connectivity index (χ3n) is 3.34. The summed E-state index contributed by atoms with van der Waals surface area (Å²) in [4.78, 5) is 2.59. The molecule has 1 aliphatic rings. The first-order valence-electron chi connectivity index (χ1n) is 5.73. The molecule has 3 atom stereocenters. The Balaban J connectivity index is 2.41. The van der Waals surface area contributed by atoms with Gasteiger partial charge in [0.15, 0.2) is 0 Å². The predicted octanol–water partition coefficient (Wildman–Crippen LogP) is 1.88. The monoisotopic (exact) mass is 196 g/mol. The average Bonchev–Trinajstić information content (AvgIpc) is 2.17. The van der Waals surface area contributed by atoms with Crippen LogP contribution >= 0.6 is 0 Å². The molecule has 0 bridgehead atoms. The van der Waals surface area contributed by atoms with Crippen molar-refractivity contribution in [2.75, 3.05) is 19.6 Å². The standard InChI is InChI=1S/C12H24N2/c1-5-6-10(2)12(4)14-8-7-13-11(3)9-14/h5,10-13H,1,6-9H2,2-4H3/t10?,11-,12?/m1/s1. The first-order chi connectivity index (χ1) is 6.65. The summed E-state index contributed by atoms with van der Waals surface area (Å²) in [5.41, 5.74) is 0. The van der Waals surface area contributed by atoms with Crippen molar-refractivity contribution < 1.29 is 0 Å². The summed E-state index contributed by atoms with van der Waals surface area (Å²) in [5.74, 6) is 0.720. The van der Waals surface area contributed by atoms with E-state index >= 15 is 0 Å². The Labute approximate surface area is 88.4 Å². The lowest BCUT2D eigenvalue weighted by molar-refractivity contribution is 0.123. The first kappa shape index (κ1) is 11.7. The zero-order chi connectivity index (χ0) is 10.6. The van der Waals surface area contributed by atoms with Gasteiger partial charge < -0.3 is 5.32 Å². The van der Waals surface area contributed by atoms with E-state index in [1.807, 2.05) is 6.08 Å². The van der Waals surface area contributed by atoms with Crippen molar-refractivity contribution in [1.29, 1.82) is 0 Å². The van der Waals surface area contributed by atoms with Crippen LogP contribution in [0.1, 0.15) is 27.2 Å². The van der Waals surface area contributed by atoms with Crippen molar-refractivity contribution in [1.82, 2.24) is 10.2 Å². The largest absolute Gasteiger partial charge is 0.312 e. The van der Waals surface area contributed by atoms with Crippen molar-refractivity contribution >= 4 is 0 Å². The highest BCUT2D eigenvalue weighted by atomic mass is 15.2. The molecule has 2 heteroatoms. The highest BCUT2D eigenvalue weighted by molar-refractivity contribution is 4.83. The lowest BCUT2D eigenvalue weighted by Gasteiger charge is -2.38. The Kier molecular flexibility index (Phi) is 4.63. The maximum Gasteiger partial charge on any atom is 0.0167 e. The van der Waals surface area contributed by atoms with Crippen LogP contribution in [-0.4, -0.2) is 36.6 Å². The van der Waals surface area contributed by atoms with Gasteiger partial charge in [0.25, 0.3) is 0 Å². The summed E-state index contributed by atoms with van der Waals surface area (Å²) in [7, 11) is 0. The minimum Gasteiger partial charge on any atom is -0.312 e. The van der Waals surface area contributed by atoms with Gasteiger partial charge in [0.05, 0.1) is 0 Å². The zero-order valence-electron chi connectivity index (χ0n) is 9.79. The molecule has 0 radical (unpaired) electrons. The molecule has 1 heterocycles. The maximum atomic E-state index is 3.81. The Morgan fingerprint density at radius 1 is 1.57 bits per heavy atom. The quantitative estimate of drug-likeness (QED) is 0.691. The zero-order valence-corrected chi connectivity index (χ0v) is 9.79. The molecule has 14 heavy (non-hydrogen) atoms. The summed E-state index contributed by atoms with van der Waals surface area (Å²) < 4.78 is 0. The van der Waals surface area contributed by atoms with Gasteiger partial charge in [0, 0.05) is 31.7 Å². The SMILES string of the molecule is C=CCC(C)C(C)N1CCN[C@H](C)C1. The predicted molar refractivity (Wildman–Crippen MR) is 62.5 cm³/mol. The Morgan fingerprint density at radius 2 is 2.29 bits per heavy atom. The van der Waals surface area contributed by atoms with Crippen LogP contribution in [0.4, 0.5) is 0 Å². The fourth-order valence-electron chi connectivity index (χ4n) is 2.15. The second-order valence-electron chi connectivity index (χ2n) is 4.59. The van der Waals surface area contributed by atoms with Crippen LogP contribution in [0.2, 0.25) is 0 Å². The lowest BCUT2D eigenvalue weighted by Crippen LogP contribution is -2.53. The minimum absolute atomic E-state index is 0.641. The third-order valence-corrected chi connectivity index (χ3v) is 3.34. The van der Waals surface area contributed by atoms with Gasteiger partial charge in [-0.2, -0.15) is 0 Å². The van der Waals surface area contributed by atoms with Crippen molar-refractivity contribution in [2.24, 2.45) is 5.92 Å². The number of allylic oxidation sites excluding steroid dienone is 1. The Hall–Kier alpha value is -0.340. The molecule has 0 aromatic carbocycles. The molecule has 1 rings (SSSR count). The van der Waals surface area contributed by atoms with E-state index in [2.05, 4.69) is 37.6 Å². The van der Waals surface area contributed by atoms with E-state index in [0.29, 0.717) is 12.1 Å². The molecule has 2 unspecified atom stereocenters. The number of piperazine rings is 1. The summed E-state index contributed by atoms with van der Waals surface area (Å²) in [6, 6.07) is 1.32. The van der Waals surface area contributed by atoms with Gasteiger partial charge in [-0.15, -0.1) is 6.58 Å². The van der Waals surface area contributed by atoms with Crippen molar-refractivity contribution in [2.45, 2.75) is 39.3 Å². The minimum atomic E-state index is 0.641. The summed E-state index contributed by atoms with van der Waals surface area (Å²) in [6.45, 7) is 14.2. The molecule has 0 aromatic heterocycles. The van der Waals surface area contributed by atoms with E-state index in [0.717, 1.165) is 18.9 Å². The molecular weight excluding hydrogens is 172 g/mol. The van der Waals surface area contributed by atoms with Gasteiger partial charge in [-0.1, -0.05) is 13.0 Å². The average molecular weight is 196 g/mol. The van der Waals surface area contributed by atoms with Gasteiger partial charge in [0.2, 0.25) is 0 Å². The summed E-state index contributed by atoms with van der Waals surface area (Å²) >= 11 is 0. The van der Waals surface area contributed by atoms with Crippen LogP contribution < -0.4 is 5.32 Å². The molecule has 1 saturated heterocycles. The highest BCUT2D eigenvalue weighted by Crippen LogP contribution is 2.16. The molecule has 1 fully saturated rings. The van der Waals surface area contributed by atoms with Crippen molar-refractivity contribution in [3.8, 4) is 0 Å². The van der Waals surface area contributed by atoms with Crippen LogP contribution in [0, 0.1) is 5.92 Å². The highest BCUT2D eigenvalue weighted by Gasteiger charge is 2.23. The van der Waals surface area contributed by atoms with E-state index in [4.69, 9.17) is 0 Å². The van der Waals surface area contributed by atoms with Crippen LogP contribution in [0.25, 0.3) is 0 Å². The molecule has 1 aliphatic heterocycles. The molecule has 82 valence electrons. The van der Waals surface area contributed by atoms with Crippen molar-refractivity contribution in [3.05, 3.63) is 12.7 Å². The molecular formula is C12H24N2. The summed E-state index contributed by atoms with van der Waals surface area (Å²) in [6.07, 6.45) is 3.16. The van der Waals surface area contributed by atoms with Crippen LogP contribution in [0.15, 0.2) is 12.7 Å². The number of nitrogens with zero attached hydrogens (tertiary/aromatic N) is 1. The molecule has 0 spiro atoms. The van der Waals surface area contributed by atoms with Crippen LogP contribution in [-0.2, 0) is 0 Å². The Bertz CT molecular complexity index is 179. The van der Waals surface area contributed by atoms with Gasteiger partial charge >= 0.3 is 0 Å². The van der Waals surface area contributed by atoms with Gasteiger partial charge in [-0.25, -0.2) is 0 Å². The van der Waals surface area contributed by atoms with Gasteiger partial charge in [0.1, 0.15) is 0 Å². The number of nitrogens with one attached hydrogen (secondary N) is 1. The van der Waals surface area contributed by atoms with Crippen molar-refractivity contribution in [3.63, 3.8) is 0 Å². The molecule has 2 nitrogen and oxygen atoms in total.